The molecule has 24 heavy (non-hydrogen) atoms. The topological polar surface area (TPSA) is 42.7 Å². The molecule has 1 aromatic carbocycles. The van der Waals surface area contributed by atoms with Gasteiger partial charge in [-0.1, -0.05) is 44.2 Å². The summed E-state index contributed by atoms with van der Waals surface area (Å²) in [5.74, 6) is 2.03. The fourth-order valence-electron chi connectivity index (χ4n) is 3.53. The van der Waals surface area contributed by atoms with Gasteiger partial charge in [0, 0.05) is 11.8 Å². The van der Waals surface area contributed by atoms with Crippen molar-refractivity contribution in [3.63, 3.8) is 0 Å². The van der Waals surface area contributed by atoms with Crippen LogP contribution in [-0.2, 0) is 21.7 Å². The van der Waals surface area contributed by atoms with Crippen LogP contribution in [-0.4, -0.2) is 28.0 Å². The molecular formula is C19H21NO3S. The van der Waals surface area contributed by atoms with E-state index in [0.717, 1.165) is 11.3 Å². The third kappa shape index (κ3) is 2.22. The third-order valence-corrected chi connectivity index (χ3v) is 6.31. The lowest BCUT2D eigenvalue weighted by Gasteiger charge is -2.52. The summed E-state index contributed by atoms with van der Waals surface area (Å²) >= 11 is 1.79. The minimum absolute atomic E-state index is 0.00716. The summed E-state index contributed by atoms with van der Waals surface area (Å²) in [5, 5.41) is -0.00716. The highest BCUT2D eigenvalue weighted by Crippen LogP contribution is 2.55. The highest BCUT2D eigenvalue weighted by molar-refractivity contribution is 8.00. The van der Waals surface area contributed by atoms with Crippen LogP contribution in [0.3, 0.4) is 0 Å². The molecule has 4 rings (SSSR count). The van der Waals surface area contributed by atoms with Crippen molar-refractivity contribution in [2.24, 2.45) is 5.92 Å². The standard InChI is InChI=1S/C19H21NO3S/c1-13(2)15-12-24-18-19(17(21)20(15)18,16-9-6-10-22-16)23-11-14-7-4-3-5-8-14/h3-10,13,15,18H,11-12H2,1-2H3/t15-,18+,19+/m1/s1. The Balaban J connectivity index is 1.63. The van der Waals surface area contributed by atoms with Crippen LogP contribution in [0.4, 0.5) is 0 Å². The summed E-state index contributed by atoms with van der Waals surface area (Å²) in [6.07, 6.45) is 1.61. The van der Waals surface area contributed by atoms with Gasteiger partial charge in [-0.05, 0) is 23.6 Å². The first-order chi connectivity index (χ1) is 11.6. The third-order valence-electron chi connectivity index (χ3n) is 4.90. The second kappa shape index (κ2) is 5.97. The molecule has 4 nitrogen and oxygen atoms in total. The van der Waals surface area contributed by atoms with E-state index in [1.54, 1.807) is 18.0 Å². The number of nitrogens with zero attached hydrogens (tertiary/aromatic N) is 1. The van der Waals surface area contributed by atoms with Crippen LogP contribution in [0.5, 0.6) is 0 Å². The predicted molar refractivity (Wildman–Crippen MR) is 93.3 cm³/mol. The summed E-state index contributed by atoms with van der Waals surface area (Å²) in [5.41, 5.74) is 0.0614. The molecule has 0 saturated carbocycles. The van der Waals surface area contributed by atoms with Gasteiger partial charge in [0.25, 0.3) is 5.91 Å². The van der Waals surface area contributed by atoms with Crippen LogP contribution >= 0.6 is 11.8 Å². The number of rotatable bonds is 5. The monoisotopic (exact) mass is 343 g/mol. The van der Waals surface area contributed by atoms with Crippen molar-refractivity contribution in [3.8, 4) is 0 Å². The molecule has 126 valence electrons. The van der Waals surface area contributed by atoms with E-state index in [4.69, 9.17) is 9.15 Å². The molecule has 2 aromatic rings. The van der Waals surface area contributed by atoms with Gasteiger partial charge in [-0.2, -0.15) is 0 Å². The zero-order chi connectivity index (χ0) is 16.7. The predicted octanol–water partition coefficient (Wildman–Crippen LogP) is 3.63. The first kappa shape index (κ1) is 15.8. The van der Waals surface area contributed by atoms with Crippen LogP contribution in [0.25, 0.3) is 0 Å². The summed E-state index contributed by atoms with van der Waals surface area (Å²) in [4.78, 5) is 15.1. The van der Waals surface area contributed by atoms with Crippen molar-refractivity contribution in [1.29, 1.82) is 0 Å². The maximum Gasteiger partial charge on any atom is 0.267 e. The lowest BCUT2D eigenvalue weighted by Crippen LogP contribution is -2.71. The van der Waals surface area contributed by atoms with Crippen molar-refractivity contribution < 1.29 is 13.9 Å². The number of benzene rings is 1. The average molecular weight is 343 g/mol. The normalized spacial score (nSPS) is 29.0. The van der Waals surface area contributed by atoms with Crippen molar-refractivity contribution >= 4 is 17.7 Å². The van der Waals surface area contributed by atoms with Gasteiger partial charge in [-0.25, -0.2) is 0 Å². The Kier molecular flexibility index (Phi) is 3.93. The number of hydrogen-bond acceptors (Lipinski definition) is 4. The van der Waals surface area contributed by atoms with E-state index in [9.17, 15) is 4.79 Å². The first-order valence-electron chi connectivity index (χ1n) is 8.31. The quantitative estimate of drug-likeness (QED) is 0.778. The van der Waals surface area contributed by atoms with Gasteiger partial charge >= 0.3 is 0 Å². The van der Waals surface area contributed by atoms with Crippen molar-refractivity contribution in [3.05, 3.63) is 60.1 Å². The Hall–Kier alpha value is -1.72. The molecular weight excluding hydrogens is 322 g/mol. The maximum atomic E-state index is 13.1. The molecule has 0 bridgehead atoms. The first-order valence-corrected chi connectivity index (χ1v) is 9.35. The lowest BCUT2D eigenvalue weighted by atomic mass is 9.85. The number of carbonyl (C=O) groups is 1. The molecule has 2 aliphatic rings. The Morgan fingerprint density at radius 3 is 2.75 bits per heavy atom. The molecule has 5 heteroatoms. The largest absolute Gasteiger partial charge is 0.466 e. The van der Waals surface area contributed by atoms with Crippen molar-refractivity contribution in [1.82, 2.24) is 4.90 Å². The number of fused-ring (bicyclic) bond motifs is 1. The fraction of sp³-hybridized carbons (Fsp3) is 0.421. The second-order valence-corrected chi connectivity index (χ2v) is 7.81. The molecule has 2 fully saturated rings. The van der Waals surface area contributed by atoms with Gasteiger partial charge in [0.1, 0.15) is 11.1 Å². The Morgan fingerprint density at radius 2 is 2.08 bits per heavy atom. The molecule has 1 amide bonds. The minimum Gasteiger partial charge on any atom is -0.466 e. The maximum absolute atomic E-state index is 13.1. The summed E-state index contributed by atoms with van der Waals surface area (Å²) < 4.78 is 11.9. The second-order valence-electron chi connectivity index (χ2n) is 6.70. The molecule has 0 spiro atoms. The van der Waals surface area contributed by atoms with E-state index in [2.05, 4.69) is 13.8 Å². The Labute approximate surface area is 146 Å². The van der Waals surface area contributed by atoms with E-state index in [-0.39, 0.29) is 17.3 Å². The summed E-state index contributed by atoms with van der Waals surface area (Å²) in [7, 11) is 0. The fourth-order valence-corrected chi connectivity index (χ4v) is 5.39. The van der Waals surface area contributed by atoms with E-state index < -0.39 is 5.60 Å². The van der Waals surface area contributed by atoms with Crippen LogP contribution < -0.4 is 0 Å². The minimum atomic E-state index is -0.992. The van der Waals surface area contributed by atoms with Gasteiger partial charge in [-0.3, -0.25) is 4.79 Å². The van der Waals surface area contributed by atoms with Crippen molar-refractivity contribution in [2.75, 3.05) is 5.75 Å². The molecule has 0 aliphatic carbocycles. The molecule has 2 saturated heterocycles. The van der Waals surface area contributed by atoms with Crippen LogP contribution in [0.2, 0.25) is 0 Å². The number of hydrogen-bond donors (Lipinski definition) is 0. The molecule has 1 aromatic heterocycles. The van der Waals surface area contributed by atoms with Crippen LogP contribution in [0.1, 0.15) is 25.2 Å². The van der Waals surface area contributed by atoms with E-state index in [0.29, 0.717) is 18.3 Å². The van der Waals surface area contributed by atoms with Gasteiger partial charge in [0.05, 0.1) is 12.9 Å². The van der Waals surface area contributed by atoms with E-state index in [1.807, 2.05) is 47.4 Å². The smallest absolute Gasteiger partial charge is 0.267 e. The summed E-state index contributed by atoms with van der Waals surface area (Å²) in [6, 6.07) is 13.9. The van der Waals surface area contributed by atoms with Gasteiger partial charge in [0.15, 0.2) is 0 Å². The number of amides is 1. The van der Waals surface area contributed by atoms with Gasteiger partial charge in [-0.15, -0.1) is 11.8 Å². The number of ether oxygens (including phenoxy) is 1. The lowest BCUT2D eigenvalue weighted by molar-refractivity contribution is -0.206. The number of β-lactam (4-membered cyclic amide) rings is 1. The zero-order valence-electron chi connectivity index (χ0n) is 13.8. The van der Waals surface area contributed by atoms with Crippen molar-refractivity contribution in [2.45, 2.75) is 37.5 Å². The van der Waals surface area contributed by atoms with E-state index >= 15 is 0 Å². The molecule has 3 heterocycles. The molecule has 0 radical (unpaired) electrons. The molecule has 3 atom stereocenters. The Bertz CT molecular complexity index is 715. The molecule has 2 aliphatic heterocycles. The van der Waals surface area contributed by atoms with E-state index in [1.165, 1.54) is 0 Å². The average Bonchev–Trinajstić information content (AvgIpc) is 3.25. The van der Waals surface area contributed by atoms with Gasteiger partial charge in [0.2, 0.25) is 5.60 Å². The Morgan fingerprint density at radius 1 is 1.29 bits per heavy atom. The molecule has 0 unspecified atom stereocenters. The number of thioether (sulfide) groups is 1. The van der Waals surface area contributed by atoms with Crippen LogP contribution in [0, 0.1) is 5.92 Å². The number of furan rings is 1. The highest BCUT2D eigenvalue weighted by atomic mass is 32.2. The highest BCUT2D eigenvalue weighted by Gasteiger charge is 2.69. The SMILES string of the molecule is CC(C)[C@H]1CS[C@@H]2N1C(=O)[C@@]2(OCc1ccccc1)c1ccco1. The summed E-state index contributed by atoms with van der Waals surface area (Å²) in [6.45, 7) is 4.72. The van der Waals surface area contributed by atoms with Gasteiger partial charge < -0.3 is 14.1 Å². The molecule has 0 N–H and O–H groups in total. The van der Waals surface area contributed by atoms with Crippen LogP contribution in [0.15, 0.2) is 53.1 Å². The zero-order valence-corrected chi connectivity index (χ0v) is 14.7. The number of carbonyl (C=O) groups excluding carboxylic acids is 1.